The third kappa shape index (κ3) is 5.32. The van der Waals surface area contributed by atoms with Crippen LogP contribution < -0.4 is 10.2 Å². The van der Waals surface area contributed by atoms with Crippen LogP contribution in [-0.2, 0) is 4.74 Å². The molecular formula is C24H25BrClNO4. The van der Waals surface area contributed by atoms with E-state index in [-0.39, 0.29) is 5.43 Å². The Labute approximate surface area is 195 Å². The van der Waals surface area contributed by atoms with Gasteiger partial charge in [0.15, 0.2) is 11.0 Å². The maximum absolute atomic E-state index is 12.6. The van der Waals surface area contributed by atoms with E-state index in [1.54, 1.807) is 18.2 Å². The minimum Gasteiger partial charge on any atom is -0.490 e. The number of halogens is 2. The van der Waals surface area contributed by atoms with E-state index in [1.165, 1.54) is 32.0 Å². The lowest BCUT2D eigenvalue weighted by Crippen LogP contribution is -2.24. The fraction of sp³-hybridized carbons (Fsp3) is 0.375. The molecule has 1 saturated heterocycles. The Morgan fingerprint density at radius 3 is 2.74 bits per heavy atom. The van der Waals surface area contributed by atoms with Gasteiger partial charge >= 0.3 is 0 Å². The molecule has 0 unspecified atom stereocenters. The van der Waals surface area contributed by atoms with Gasteiger partial charge in [-0.15, -0.1) is 0 Å². The Balaban J connectivity index is 1.50. The zero-order valence-electron chi connectivity index (χ0n) is 17.5. The van der Waals surface area contributed by atoms with Crippen molar-refractivity contribution in [3.8, 4) is 17.1 Å². The van der Waals surface area contributed by atoms with Gasteiger partial charge in [-0.1, -0.05) is 33.6 Å². The topological polar surface area (TPSA) is 51.9 Å². The van der Waals surface area contributed by atoms with Crippen molar-refractivity contribution in [1.29, 1.82) is 0 Å². The second-order valence-electron chi connectivity index (χ2n) is 7.70. The second kappa shape index (κ2) is 10.2. The Morgan fingerprint density at radius 1 is 1.13 bits per heavy atom. The molecule has 4 rings (SSSR count). The highest BCUT2D eigenvalue weighted by Gasteiger charge is 2.16. The largest absolute Gasteiger partial charge is 0.490 e. The predicted octanol–water partition coefficient (Wildman–Crippen LogP) is 5.68. The van der Waals surface area contributed by atoms with Crippen LogP contribution in [0, 0.1) is 6.92 Å². The fourth-order valence-corrected chi connectivity index (χ4v) is 4.30. The number of likely N-dealkylation sites (tertiary alicyclic amines) is 1. The summed E-state index contributed by atoms with van der Waals surface area (Å²) < 4.78 is 18.7. The quantitative estimate of drug-likeness (QED) is 0.368. The van der Waals surface area contributed by atoms with Gasteiger partial charge in [-0.2, -0.15) is 0 Å². The van der Waals surface area contributed by atoms with E-state index in [9.17, 15) is 4.79 Å². The second-order valence-corrected chi connectivity index (χ2v) is 8.96. The molecule has 0 spiro atoms. The molecule has 1 aliphatic heterocycles. The van der Waals surface area contributed by atoms with Crippen LogP contribution >= 0.6 is 27.5 Å². The van der Waals surface area contributed by atoms with Crippen LogP contribution in [0.4, 0.5) is 0 Å². The summed E-state index contributed by atoms with van der Waals surface area (Å²) in [6, 6.07) is 10.5. The fourth-order valence-electron chi connectivity index (χ4n) is 3.76. The summed E-state index contributed by atoms with van der Waals surface area (Å²) in [5.41, 5.74) is 1.95. The van der Waals surface area contributed by atoms with Crippen LogP contribution in [0.25, 0.3) is 22.3 Å². The summed E-state index contributed by atoms with van der Waals surface area (Å²) in [5.74, 6) is 1.04. The molecule has 0 atom stereocenters. The number of rotatable bonds is 8. The van der Waals surface area contributed by atoms with Crippen molar-refractivity contribution in [3.05, 3.63) is 61.7 Å². The third-order valence-electron chi connectivity index (χ3n) is 5.47. The lowest BCUT2D eigenvalue weighted by atomic mass is 10.1. The van der Waals surface area contributed by atoms with Crippen molar-refractivity contribution in [2.75, 3.05) is 39.5 Å². The van der Waals surface area contributed by atoms with Crippen LogP contribution in [0.15, 0.2) is 50.1 Å². The van der Waals surface area contributed by atoms with E-state index in [0.29, 0.717) is 52.9 Å². The zero-order valence-corrected chi connectivity index (χ0v) is 19.8. The summed E-state index contributed by atoms with van der Waals surface area (Å²) in [6.45, 7) is 6.87. The number of fused-ring (bicyclic) bond motifs is 1. The van der Waals surface area contributed by atoms with Gasteiger partial charge in [0.25, 0.3) is 0 Å². The number of benzene rings is 2. The van der Waals surface area contributed by atoms with Crippen molar-refractivity contribution in [3.63, 3.8) is 0 Å². The summed E-state index contributed by atoms with van der Waals surface area (Å²) in [7, 11) is 0. The molecule has 0 saturated carbocycles. The Kier molecular flexibility index (Phi) is 7.33. The Hall–Kier alpha value is -1.86. The monoisotopic (exact) mass is 505 g/mol. The highest BCUT2D eigenvalue weighted by molar-refractivity contribution is 9.10. The van der Waals surface area contributed by atoms with E-state index >= 15 is 0 Å². The van der Waals surface area contributed by atoms with Gasteiger partial charge in [-0.05, 0) is 62.7 Å². The van der Waals surface area contributed by atoms with Gasteiger partial charge in [0.1, 0.15) is 18.1 Å². The lowest BCUT2D eigenvalue weighted by Gasteiger charge is -2.16. The maximum atomic E-state index is 12.6. The molecule has 1 aliphatic rings. The summed E-state index contributed by atoms with van der Waals surface area (Å²) in [4.78, 5) is 15.1. The first-order chi connectivity index (χ1) is 15.0. The minimum atomic E-state index is -0.143. The molecule has 0 radical (unpaired) electrons. The average molecular weight is 507 g/mol. The normalized spacial score (nSPS) is 14.4. The highest BCUT2D eigenvalue weighted by Crippen LogP contribution is 2.36. The molecule has 5 nitrogen and oxygen atoms in total. The summed E-state index contributed by atoms with van der Waals surface area (Å²) in [6.07, 6.45) is 2.56. The van der Waals surface area contributed by atoms with Gasteiger partial charge in [0.2, 0.25) is 0 Å². The summed E-state index contributed by atoms with van der Waals surface area (Å²) in [5, 5.41) is 0.859. The molecule has 0 bridgehead atoms. The van der Waals surface area contributed by atoms with Crippen molar-refractivity contribution in [2.24, 2.45) is 0 Å². The number of ether oxygens (including phenoxy) is 2. The van der Waals surface area contributed by atoms with Crippen molar-refractivity contribution >= 4 is 38.5 Å². The first-order valence-electron chi connectivity index (χ1n) is 10.5. The molecule has 2 aromatic carbocycles. The van der Waals surface area contributed by atoms with Gasteiger partial charge in [0, 0.05) is 17.1 Å². The molecule has 1 fully saturated rings. The molecule has 2 heterocycles. The Bertz CT molecular complexity index is 1120. The molecule has 0 aliphatic carbocycles. The summed E-state index contributed by atoms with van der Waals surface area (Å²) >= 11 is 9.83. The van der Waals surface area contributed by atoms with Crippen LogP contribution in [0.1, 0.15) is 18.4 Å². The SMILES string of the molecule is Cc1cc(-c2cc(=O)c3cccc(Cl)c3o2)c(OCCOCCN2CCCC2)cc1Br. The van der Waals surface area contributed by atoms with E-state index < -0.39 is 0 Å². The van der Waals surface area contributed by atoms with E-state index in [0.717, 1.165) is 16.6 Å². The average Bonchev–Trinajstić information content (AvgIpc) is 3.27. The molecule has 31 heavy (non-hydrogen) atoms. The van der Waals surface area contributed by atoms with E-state index in [2.05, 4.69) is 20.8 Å². The molecule has 164 valence electrons. The standard InChI is InChI=1S/C24H25BrClNO4/c1-16-13-18(23-15-21(28)17-5-4-6-20(26)24(17)31-23)22(14-19(16)25)30-12-11-29-10-9-27-7-2-3-8-27/h4-6,13-15H,2-3,7-12H2,1H3. The first-order valence-corrected chi connectivity index (χ1v) is 11.7. The third-order valence-corrected chi connectivity index (χ3v) is 6.62. The lowest BCUT2D eigenvalue weighted by molar-refractivity contribution is 0.0847. The van der Waals surface area contributed by atoms with Crippen LogP contribution in [-0.4, -0.2) is 44.4 Å². The van der Waals surface area contributed by atoms with E-state index in [4.69, 9.17) is 25.5 Å². The van der Waals surface area contributed by atoms with Crippen LogP contribution in [0.5, 0.6) is 5.75 Å². The predicted molar refractivity (Wildman–Crippen MR) is 127 cm³/mol. The highest BCUT2D eigenvalue weighted by atomic mass is 79.9. The van der Waals surface area contributed by atoms with Crippen molar-refractivity contribution in [2.45, 2.75) is 19.8 Å². The van der Waals surface area contributed by atoms with Gasteiger partial charge < -0.3 is 18.8 Å². The molecule has 1 aromatic heterocycles. The number of hydrogen-bond acceptors (Lipinski definition) is 5. The minimum absolute atomic E-state index is 0.143. The van der Waals surface area contributed by atoms with Crippen LogP contribution in [0.2, 0.25) is 5.02 Å². The Morgan fingerprint density at radius 2 is 1.94 bits per heavy atom. The number of para-hydroxylation sites is 1. The smallest absolute Gasteiger partial charge is 0.193 e. The van der Waals surface area contributed by atoms with E-state index in [1.807, 2.05) is 19.1 Å². The molecule has 0 amide bonds. The van der Waals surface area contributed by atoms with Crippen molar-refractivity contribution in [1.82, 2.24) is 4.90 Å². The molecule has 7 heteroatoms. The van der Waals surface area contributed by atoms with Gasteiger partial charge in [-0.25, -0.2) is 0 Å². The number of aryl methyl sites for hydroxylation is 1. The number of nitrogens with zero attached hydrogens (tertiary/aromatic N) is 1. The molecule has 3 aromatic rings. The van der Waals surface area contributed by atoms with Crippen molar-refractivity contribution < 1.29 is 13.9 Å². The zero-order chi connectivity index (χ0) is 21.8. The maximum Gasteiger partial charge on any atom is 0.193 e. The van der Waals surface area contributed by atoms with Crippen LogP contribution in [0.3, 0.4) is 0 Å². The molecular weight excluding hydrogens is 482 g/mol. The van der Waals surface area contributed by atoms with Gasteiger partial charge in [-0.3, -0.25) is 4.79 Å². The van der Waals surface area contributed by atoms with Gasteiger partial charge in [0.05, 0.1) is 29.2 Å². The molecule has 0 N–H and O–H groups in total. The number of hydrogen-bond donors (Lipinski definition) is 0. The first kappa shape index (κ1) is 22.3.